The van der Waals surface area contributed by atoms with Crippen molar-refractivity contribution < 1.29 is 96.2 Å². The number of carbonyl (C=O) groups is 12. The summed E-state index contributed by atoms with van der Waals surface area (Å²) in [6.45, 7) is 27.5. The zero-order valence-corrected chi connectivity index (χ0v) is 54.2. The standard InChI is InChI=1S/C58H102N8O20/c1-53(2,3)81-45(73)27-25-39(49(77)85-57(13,14)15)63-51(79)61-37(47(75)83-55(7,8)9)23-19-21-29-59-41(67)33-65(35-43(69)70)31-32-66(36-44(71)72)34-42(68)60-30-22-20-24-38(48(76)84-56(10,11)12)62-52(80)64-40(50(78)86-58(16,17)18)26-28-46(74)82-54(4,5)6/h37-40H,19-36H2,1-18H3,(H,59,67)(H,60,68)(H,69,70)(H,71,72)(H2,61,63,79)(H2,62,64,80)/t37-,38-,39-,40-/m0/s1. The van der Waals surface area contributed by atoms with Gasteiger partial charge in [-0.25, -0.2) is 28.8 Å². The van der Waals surface area contributed by atoms with Crippen molar-refractivity contribution in [2.75, 3.05) is 52.4 Å². The number of carboxylic acid groups (broad SMARTS) is 2. The molecule has 0 aliphatic carbocycles. The van der Waals surface area contributed by atoms with E-state index in [1.54, 1.807) is 125 Å². The smallest absolute Gasteiger partial charge is 0.329 e. The van der Waals surface area contributed by atoms with Crippen LogP contribution in [-0.4, -0.2) is 202 Å². The second-order valence-electron chi connectivity index (χ2n) is 26.7. The van der Waals surface area contributed by atoms with Crippen molar-refractivity contribution in [3.05, 3.63) is 0 Å². The third-order valence-corrected chi connectivity index (χ3v) is 10.8. The number of carboxylic acids is 2. The summed E-state index contributed by atoms with van der Waals surface area (Å²) < 4.78 is 32.7. The maximum Gasteiger partial charge on any atom is 0.329 e. The van der Waals surface area contributed by atoms with Gasteiger partial charge in [-0.1, -0.05) is 0 Å². The average Bonchev–Trinajstić information content (AvgIpc) is 3.26. The first kappa shape index (κ1) is 79.2. The number of aliphatic carboxylic acids is 2. The largest absolute Gasteiger partial charge is 0.480 e. The van der Waals surface area contributed by atoms with E-state index in [-0.39, 0.29) is 90.4 Å². The lowest BCUT2D eigenvalue weighted by Crippen LogP contribution is -2.53. The molecule has 0 radical (unpaired) electrons. The summed E-state index contributed by atoms with van der Waals surface area (Å²) >= 11 is 0. The Hall–Kier alpha value is -6.84. The second kappa shape index (κ2) is 36.3. The van der Waals surface area contributed by atoms with E-state index in [1.807, 2.05) is 0 Å². The Morgan fingerprint density at radius 2 is 0.593 bits per heavy atom. The number of amides is 6. The number of nitrogens with one attached hydrogen (secondary N) is 6. The van der Waals surface area contributed by atoms with E-state index in [2.05, 4.69) is 31.9 Å². The molecule has 6 amide bonds. The molecule has 86 heavy (non-hydrogen) atoms. The van der Waals surface area contributed by atoms with Crippen LogP contribution in [0.15, 0.2) is 0 Å². The molecule has 0 aromatic rings. The summed E-state index contributed by atoms with van der Waals surface area (Å²) in [6, 6.07) is -6.86. The van der Waals surface area contributed by atoms with Crippen molar-refractivity contribution in [2.24, 2.45) is 0 Å². The lowest BCUT2D eigenvalue weighted by atomic mass is 10.1. The van der Waals surface area contributed by atoms with Crippen LogP contribution in [0.2, 0.25) is 0 Å². The minimum absolute atomic E-state index is 0.0274. The van der Waals surface area contributed by atoms with E-state index in [9.17, 15) is 67.7 Å². The van der Waals surface area contributed by atoms with Crippen LogP contribution in [0.4, 0.5) is 9.59 Å². The molecular formula is C58H102N8O20. The molecule has 0 aromatic heterocycles. The molecular weight excluding hydrogens is 1130 g/mol. The van der Waals surface area contributed by atoms with Crippen LogP contribution < -0.4 is 31.9 Å². The lowest BCUT2D eigenvalue weighted by molar-refractivity contribution is -0.160. The molecule has 0 aliphatic rings. The Kier molecular flexibility index (Phi) is 33.4. The monoisotopic (exact) mass is 1230 g/mol. The predicted molar refractivity (Wildman–Crippen MR) is 314 cm³/mol. The average molecular weight is 1230 g/mol. The normalized spacial score (nSPS) is 13.6. The van der Waals surface area contributed by atoms with Crippen LogP contribution in [0.1, 0.15) is 189 Å². The Morgan fingerprint density at radius 3 is 0.826 bits per heavy atom. The Balaban J connectivity index is 5.71. The van der Waals surface area contributed by atoms with Crippen molar-refractivity contribution in [1.29, 1.82) is 0 Å². The molecule has 28 heteroatoms. The van der Waals surface area contributed by atoms with E-state index in [0.717, 1.165) is 0 Å². The van der Waals surface area contributed by atoms with Crippen LogP contribution in [0.25, 0.3) is 0 Å². The molecule has 494 valence electrons. The van der Waals surface area contributed by atoms with Crippen molar-refractivity contribution in [3.8, 4) is 0 Å². The van der Waals surface area contributed by atoms with E-state index in [1.165, 1.54) is 9.80 Å². The fourth-order valence-corrected chi connectivity index (χ4v) is 7.53. The first-order valence-electron chi connectivity index (χ1n) is 29.0. The van der Waals surface area contributed by atoms with Gasteiger partial charge in [0.1, 0.15) is 57.8 Å². The van der Waals surface area contributed by atoms with Gasteiger partial charge >= 0.3 is 59.8 Å². The molecule has 28 nitrogen and oxygen atoms in total. The van der Waals surface area contributed by atoms with Gasteiger partial charge in [-0.2, -0.15) is 0 Å². The third-order valence-electron chi connectivity index (χ3n) is 10.8. The van der Waals surface area contributed by atoms with Crippen LogP contribution in [-0.2, 0) is 76.4 Å². The van der Waals surface area contributed by atoms with Crippen LogP contribution in [0.3, 0.4) is 0 Å². The van der Waals surface area contributed by atoms with Gasteiger partial charge in [0.05, 0.1) is 26.2 Å². The highest BCUT2D eigenvalue weighted by Gasteiger charge is 2.34. The molecule has 8 N–H and O–H groups in total. The highest BCUT2D eigenvalue weighted by atomic mass is 16.6. The predicted octanol–water partition coefficient (Wildman–Crippen LogP) is 4.02. The maximum atomic E-state index is 13.3. The number of rotatable bonds is 35. The second-order valence-corrected chi connectivity index (χ2v) is 26.7. The van der Waals surface area contributed by atoms with E-state index < -0.39 is 156 Å². The molecule has 0 aliphatic heterocycles. The Labute approximate surface area is 507 Å². The van der Waals surface area contributed by atoms with Gasteiger partial charge < -0.3 is 70.5 Å². The summed E-state index contributed by atoms with van der Waals surface area (Å²) in [6.07, 6.45) is 0.325. The molecule has 0 saturated carbocycles. The number of unbranched alkanes of at least 4 members (excludes halogenated alkanes) is 2. The molecule has 0 unspecified atom stereocenters. The molecule has 0 heterocycles. The number of carbonyl (C=O) groups excluding carboxylic acids is 10. The zero-order valence-electron chi connectivity index (χ0n) is 54.2. The zero-order chi connectivity index (χ0) is 66.6. The van der Waals surface area contributed by atoms with Gasteiger partial charge in [-0.05, 0) is 176 Å². The third kappa shape index (κ3) is 42.9. The number of hydrogen-bond donors (Lipinski definition) is 8. The summed E-state index contributed by atoms with van der Waals surface area (Å²) in [4.78, 5) is 157. The minimum Gasteiger partial charge on any atom is -0.480 e. The fraction of sp³-hybridized carbons (Fsp3) is 0.793. The van der Waals surface area contributed by atoms with Crippen LogP contribution in [0, 0.1) is 0 Å². The van der Waals surface area contributed by atoms with Crippen molar-refractivity contribution in [2.45, 2.75) is 247 Å². The fourth-order valence-electron chi connectivity index (χ4n) is 7.53. The Morgan fingerprint density at radius 1 is 0.349 bits per heavy atom. The lowest BCUT2D eigenvalue weighted by Gasteiger charge is -2.27. The molecule has 0 bridgehead atoms. The maximum absolute atomic E-state index is 13.3. The quantitative estimate of drug-likeness (QED) is 0.0252. The number of ether oxygens (including phenoxy) is 6. The molecule has 0 saturated heterocycles. The highest BCUT2D eigenvalue weighted by molar-refractivity contribution is 5.89. The first-order valence-corrected chi connectivity index (χ1v) is 29.0. The minimum atomic E-state index is -1.29. The van der Waals surface area contributed by atoms with E-state index in [4.69, 9.17) is 28.4 Å². The van der Waals surface area contributed by atoms with Gasteiger partial charge in [-0.3, -0.25) is 38.6 Å². The number of esters is 6. The van der Waals surface area contributed by atoms with Crippen LogP contribution in [0.5, 0.6) is 0 Å². The van der Waals surface area contributed by atoms with Gasteiger partial charge in [-0.15, -0.1) is 0 Å². The summed E-state index contributed by atoms with van der Waals surface area (Å²) in [5, 5.41) is 34.7. The number of urea groups is 2. The number of hydrogen-bond acceptors (Lipinski definition) is 20. The SMILES string of the molecule is CC(C)(C)OC(=O)CC[C@H](NC(=O)N[C@@H](CCCCNC(=O)CN(CCN(CC(=O)O)CC(=O)NCCCC[C@H](NC(=O)N[C@@H](CCC(=O)OC(C)(C)C)C(=O)OC(C)(C)C)C(=O)OC(C)(C)C)CC(=O)O)C(=O)OC(C)(C)C)C(=O)OC(C)(C)C. The van der Waals surface area contributed by atoms with Gasteiger partial charge in [0, 0.05) is 39.0 Å². The summed E-state index contributed by atoms with van der Waals surface area (Å²) in [5.41, 5.74) is -5.32. The van der Waals surface area contributed by atoms with Gasteiger partial charge in [0.25, 0.3) is 0 Å². The van der Waals surface area contributed by atoms with Crippen LogP contribution >= 0.6 is 0 Å². The van der Waals surface area contributed by atoms with Crippen molar-refractivity contribution in [1.82, 2.24) is 41.7 Å². The molecule has 0 aromatic carbocycles. The molecule has 0 rings (SSSR count). The van der Waals surface area contributed by atoms with Crippen molar-refractivity contribution >= 4 is 71.6 Å². The molecule has 0 fully saturated rings. The first-order chi connectivity index (χ1) is 39.1. The molecule has 4 atom stereocenters. The van der Waals surface area contributed by atoms with Crippen molar-refractivity contribution in [3.63, 3.8) is 0 Å². The number of nitrogens with zero attached hydrogens (tertiary/aromatic N) is 2. The molecule has 0 spiro atoms. The van der Waals surface area contributed by atoms with E-state index >= 15 is 0 Å². The summed E-state index contributed by atoms with van der Waals surface area (Å²) in [7, 11) is 0. The Bertz CT molecular complexity index is 2110. The van der Waals surface area contributed by atoms with E-state index in [0.29, 0.717) is 0 Å². The van der Waals surface area contributed by atoms with Gasteiger partial charge in [0.2, 0.25) is 11.8 Å². The highest BCUT2D eigenvalue weighted by Crippen LogP contribution is 2.18. The topological polar surface area (TPSA) is 379 Å². The van der Waals surface area contributed by atoms with Gasteiger partial charge in [0.15, 0.2) is 0 Å². The summed E-state index contributed by atoms with van der Waals surface area (Å²) in [5.74, 6) is -8.12.